The van der Waals surface area contributed by atoms with Crippen LogP contribution in [-0.2, 0) is 15.0 Å². The van der Waals surface area contributed by atoms with Crippen molar-refractivity contribution in [2.45, 2.75) is 51.4 Å². The van der Waals surface area contributed by atoms with Gasteiger partial charge in [0.15, 0.2) is 0 Å². The fraction of sp³-hybridized carbons (Fsp3) is 0.462. The van der Waals surface area contributed by atoms with Crippen molar-refractivity contribution in [1.29, 1.82) is 0 Å². The predicted molar refractivity (Wildman–Crippen MR) is 113 cm³/mol. The average Bonchev–Trinajstić information content (AvgIpc) is 3.41. The van der Waals surface area contributed by atoms with Crippen LogP contribution in [-0.4, -0.2) is 11.9 Å². The Hall–Kier alpha value is -2.62. The van der Waals surface area contributed by atoms with Crippen molar-refractivity contribution < 1.29 is 19.1 Å². The highest BCUT2D eigenvalue weighted by Gasteiger charge is 2.61. The van der Waals surface area contributed by atoms with Crippen LogP contribution >= 0.6 is 0 Å². The zero-order valence-electron chi connectivity index (χ0n) is 17.6. The van der Waals surface area contributed by atoms with E-state index in [1.807, 2.05) is 24.3 Å². The molecule has 2 bridgehead atoms. The van der Waals surface area contributed by atoms with Crippen molar-refractivity contribution in [3.8, 4) is 11.5 Å². The minimum atomic E-state index is -0.299. The summed E-state index contributed by atoms with van der Waals surface area (Å²) in [7, 11) is 0. The fourth-order valence-electron chi connectivity index (χ4n) is 6.95. The highest BCUT2D eigenvalue weighted by molar-refractivity contribution is 5.69. The lowest BCUT2D eigenvalue weighted by atomic mass is 9.59. The topological polar surface area (TPSA) is 52.6 Å². The molecule has 30 heavy (non-hydrogen) atoms. The largest absolute Gasteiger partial charge is 0.427 e. The number of hydrogen-bond acceptors (Lipinski definition) is 4. The summed E-state index contributed by atoms with van der Waals surface area (Å²) in [4.78, 5) is 22.6. The number of ether oxygens (including phenoxy) is 2. The van der Waals surface area contributed by atoms with Crippen LogP contribution in [0.2, 0.25) is 0 Å². The second kappa shape index (κ2) is 7.26. The maximum atomic E-state index is 11.3. The third kappa shape index (κ3) is 3.05. The normalized spacial score (nSPS) is 28.2. The molecule has 0 amide bonds. The molecule has 4 atom stereocenters. The third-order valence-corrected chi connectivity index (χ3v) is 7.78. The first-order valence-electron chi connectivity index (χ1n) is 11.1. The Morgan fingerprint density at radius 2 is 1.30 bits per heavy atom. The number of fused-ring (bicyclic) bond motifs is 5. The van der Waals surface area contributed by atoms with Gasteiger partial charge in [-0.1, -0.05) is 30.7 Å². The van der Waals surface area contributed by atoms with Crippen LogP contribution in [0.5, 0.6) is 11.5 Å². The van der Waals surface area contributed by atoms with Gasteiger partial charge in [0.2, 0.25) is 0 Å². The summed E-state index contributed by atoms with van der Waals surface area (Å²) in [6, 6.07) is 16.2. The van der Waals surface area contributed by atoms with E-state index in [1.165, 1.54) is 57.1 Å². The second-order valence-corrected chi connectivity index (χ2v) is 9.27. The zero-order chi connectivity index (χ0) is 20.9. The highest BCUT2D eigenvalue weighted by Crippen LogP contribution is 2.68. The summed E-state index contributed by atoms with van der Waals surface area (Å²) >= 11 is 0. The van der Waals surface area contributed by atoms with Gasteiger partial charge in [0.05, 0.1) is 0 Å². The summed E-state index contributed by atoms with van der Waals surface area (Å²) in [6.45, 7) is 2.85. The second-order valence-electron chi connectivity index (χ2n) is 9.27. The van der Waals surface area contributed by atoms with Crippen molar-refractivity contribution in [2.75, 3.05) is 0 Å². The highest BCUT2D eigenvalue weighted by atomic mass is 16.5. The van der Waals surface area contributed by atoms with Crippen LogP contribution in [0.3, 0.4) is 0 Å². The molecule has 0 aliphatic heterocycles. The van der Waals surface area contributed by atoms with Crippen LogP contribution in [0.4, 0.5) is 0 Å². The number of carbonyl (C=O) groups is 2. The molecule has 4 nitrogen and oxygen atoms in total. The lowest BCUT2D eigenvalue weighted by Crippen LogP contribution is -2.40. The van der Waals surface area contributed by atoms with E-state index < -0.39 is 0 Å². The van der Waals surface area contributed by atoms with Crippen LogP contribution in [0.25, 0.3) is 0 Å². The first-order valence-corrected chi connectivity index (χ1v) is 11.1. The van der Waals surface area contributed by atoms with Gasteiger partial charge in [-0.05, 0) is 84.7 Å². The number of benzene rings is 2. The molecule has 3 fully saturated rings. The SMILES string of the molecule is CC(=O)Oc1ccc(C2(c3ccc(OC(C)=O)cc3)CC3CC2C2CCCC32)cc1. The molecule has 0 saturated heterocycles. The van der Waals surface area contributed by atoms with Crippen molar-refractivity contribution in [3.63, 3.8) is 0 Å². The Balaban J connectivity index is 1.55. The predicted octanol–water partition coefficient (Wildman–Crippen LogP) is 5.28. The summed E-state index contributed by atoms with van der Waals surface area (Å²) in [5, 5.41) is 0. The molecule has 3 saturated carbocycles. The van der Waals surface area contributed by atoms with E-state index in [0.717, 1.165) is 17.8 Å². The van der Waals surface area contributed by atoms with Gasteiger partial charge >= 0.3 is 11.9 Å². The molecule has 0 aromatic heterocycles. The number of esters is 2. The molecule has 0 radical (unpaired) electrons. The Kier molecular flexibility index (Phi) is 4.68. The van der Waals surface area contributed by atoms with Crippen molar-refractivity contribution >= 4 is 11.9 Å². The van der Waals surface area contributed by atoms with E-state index >= 15 is 0 Å². The van der Waals surface area contributed by atoms with Crippen LogP contribution in [0, 0.1) is 23.7 Å². The quantitative estimate of drug-likeness (QED) is 0.514. The third-order valence-electron chi connectivity index (χ3n) is 7.78. The van der Waals surface area contributed by atoms with Crippen molar-refractivity contribution in [3.05, 3.63) is 59.7 Å². The standard InChI is InChI=1S/C26H28O4/c1-16(27)29-21-10-6-19(7-11-21)26(20-8-12-22(13-9-20)30-17(2)28)15-18-14-25(26)24-5-3-4-23(18)24/h6-13,18,23-25H,3-5,14-15H2,1-2H3. The Bertz CT molecular complexity index is 900. The smallest absolute Gasteiger partial charge is 0.308 e. The zero-order valence-corrected chi connectivity index (χ0v) is 17.6. The van der Waals surface area contributed by atoms with Gasteiger partial charge in [-0.2, -0.15) is 0 Å². The molecule has 0 heterocycles. The summed E-state index contributed by atoms with van der Waals surface area (Å²) < 4.78 is 10.5. The Labute approximate surface area is 177 Å². The summed E-state index contributed by atoms with van der Waals surface area (Å²) in [5.74, 6) is 3.69. The van der Waals surface area contributed by atoms with Gasteiger partial charge < -0.3 is 9.47 Å². The molecule has 0 N–H and O–H groups in total. The van der Waals surface area contributed by atoms with E-state index in [-0.39, 0.29) is 17.4 Å². The minimum Gasteiger partial charge on any atom is -0.427 e. The minimum absolute atomic E-state index is 0.0281. The molecule has 3 aliphatic rings. The van der Waals surface area contributed by atoms with Gasteiger partial charge in [-0.3, -0.25) is 9.59 Å². The monoisotopic (exact) mass is 404 g/mol. The first-order chi connectivity index (χ1) is 14.5. The molecule has 4 unspecified atom stereocenters. The van der Waals surface area contributed by atoms with Gasteiger partial charge in [-0.25, -0.2) is 0 Å². The molecule has 2 aromatic carbocycles. The van der Waals surface area contributed by atoms with Gasteiger partial charge in [0.25, 0.3) is 0 Å². The van der Waals surface area contributed by atoms with E-state index in [4.69, 9.17) is 9.47 Å². The number of rotatable bonds is 4. The van der Waals surface area contributed by atoms with Crippen LogP contribution in [0.15, 0.2) is 48.5 Å². The molecule has 156 valence electrons. The van der Waals surface area contributed by atoms with E-state index in [0.29, 0.717) is 17.4 Å². The molecule has 4 heteroatoms. The van der Waals surface area contributed by atoms with Gasteiger partial charge in [0, 0.05) is 19.3 Å². The lowest BCUT2D eigenvalue weighted by molar-refractivity contribution is -0.132. The molecule has 3 aliphatic carbocycles. The van der Waals surface area contributed by atoms with Gasteiger partial charge in [0.1, 0.15) is 11.5 Å². The van der Waals surface area contributed by atoms with E-state index in [1.54, 1.807) is 0 Å². The lowest BCUT2D eigenvalue weighted by Gasteiger charge is -2.44. The molecular formula is C26H28O4. The molecule has 0 spiro atoms. The maximum Gasteiger partial charge on any atom is 0.308 e. The Morgan fingerprint density at radius 3 is 1.80 bits per heavy atom. The fourth-order valence-corrected chi connectivity index (χ4v) is 6.95. The first kappa shape index (κ1) is 19.3. The average molecular weight is 405 g/mol. The molecule has 2 aromatic rings. The maximum absolute atomic E-state index is 11.3. The summed E-state index contributed by atoms with van der Waals surface area (Å²) in [6.07, 6.45) is 6.55. The molecule has 5 rings (SSSR count). The van der Waals surface area contributed by atoms with Crippen molar-refractivity contribution in [1.82, 2.24) is 0 Å². The molecular weight excluding hydrogens is 376 g/mol. The summed E-state index contributed by atoms with van der Waals surface area (Å²) in [5.41, 5.74) is 2.58. The van der Waals surface area contributed by atoms with E-state index in [2.05, 4.69) is 24.3 Å². The van der Waals surface area contributed by atoms with E-state index in [9.17, 15) is 9.59 Å². The van der Waals surface area contributed by atoms with Crippen molar-refractivity contribution in [2.24, 2.45) is 23.7 Å². The Morgan fingerprint density at radius 1 is 0.800 bits per heavy atom. The van der Waals surface area contributed by atoms with Gasteiger partial charge in [-0.15, -0.1) is 0 Å². The van der Waals surface area contributed by atoms with Crippen LogP contribution < -0.4 is 9.47 Å². The number of carbonyl (C=O) groups excluding carboxylic acids is 2. The van der Waals surface area contributed by atoms with Crippen LogP contribution in [0.1, 0.15) is 57.1 Å². The number of hydrogen-bond donors (Lipinski definition) is 0.